The molecule has 45 heavy (non-hydrogen) atoms. The summed E-state index contributed by atoms with van der Waals surface area (Å²) in [5, 5.41) is 0. The summed E-state index contributed by atoms with van der Waals surface area (Å²) in [5.74, 6) is 4.59. The smallest absolute Gasteiger partial charge is 0.117 e. The summed E-state index contributed by atoms with van der Waals surface area (Å²) in [4.78, 5) is 2.90. The van der Waals surface area contributed by atoms with E-state index in [1.807, 2.05) is 0 Å². The van der Waals surface area contributed by atoms with Gasteiger partial charge in [-0.05, 0) is 131 Å². The predicted octanol–water partition coefficient (Wildman–Crippen LogP) is 5.75. The van der Waals surface area contributed by atoms with Crippen LogP contribution in [0.4, 0.5) is 0 Å². The van der Waals surface area contributed by atoms with E-state index in [1.54, 1.807) is 0 Å². The predicted molar refractivity (Wildman–Crippen MR) is 184 cm³/mol. The summed E-state index contributed by atoms with van der Waals surface area (Å²) in [6.07, 6.45) is 21.2. The summed E-state index contributed by atoms with van der Waals surface area (Å²) in [6, 6.07) is 1.27. The summed E-state index contributed by atoms with van der Waals surface area (Å²) in [5.41, 5.74) is 0.770. The maximum Gasteiger partial charge on any atom is 0.117 e. The van der Waals surface area contributed by atoms with Crippen LogP contribution in [0, 0.1) is 46.3 Å². The molecule has 0 aromatic rings. The molecule has 0 aromatic heterocycles. The van der Waals surface area contributed by atoms with E-state index in [2.05, 4.69) is 59.1 Å². The zero-order chi connectivity index (χ0) is 31.1. The number of hydrogen-bond donors (Lipinski definition) is 0. The van der Waals surface area contributed by atoms with Crippen molar-refractivity contribution >= 4 is 0 Å². The summed E-state index contributed by atoms with van der Waals surface area (Å²) in [6.45, 7) is 27.4. The highest BCUT2D eigenvalue weighted by molar-refractivity contribution is 5.14. The Hall–Kier alpha value is 0.0600. The molecular formula is C40H71BrN2O2. The van der Waals surface area contributed by atoms with Crippen LogP contribution in [0.15, 0.2) is 12.7 Å². The number of nitrogens with zero attached hydrogens (tertiary/aromatic N) is 2. The SMILES string of the molecule is C=CC[N+]1(C2C[C@H]3[C@@H]4CCC5CC(OCC(C)C)C(N6CCCCC6)C[C@]5(C)[C@@H]4CC[C@]3(C)C2OCC(C)C)CCCCC1.[Br-]. The fourth-order valence-corrected chi connectivity index (χ4v) is 12.5. The minimum Gasteiger partial charge on any atom is -1.00 e. The van der Waals surface area contributed by atoms with Crippen molar-refractivity contribution in [1.29, 1.82) is 0 Å². The van der Waals surface area contributed by atoms with Crippen molar-refractivity contribution in [3.63, 3.8) is 0 Å². The van der Waals surface area contributed by atoms with Crippen LogP contribution in [0.25, 0.3) is 0 Å². The molecule has 2 heterocycles. The number of piperidine rings is 2. The van der Waals surface area contributed by atoms with Crippen LogP contribution in [0.2, 0.25) is 0 Å². The van der Waals surface area contributed by atoms with E-state index >= 15 is 0 Å². The molecule has 2 saturated heterocycles. The Morgan fingerprint density at radius 2 is 1.49 bits per heavy atom. The third-order valence-electron chi connectivity index (χ3n) is 14.6. The van der Waals surface area contributed by atoms with Gasteiger partial charge >= 0.3 is 0 Å². The van der Waals surface area contributed by atoms with Gasteiger partial charge in [-0.25, -0.2) is 0 Å². The maximum absolute atomic E-state index is 7.17. The Morgan fingerprint density at radius 1 is 0.822 bits per heavy atom. The molecule has 4 nitrogen and oxygen atoms in total. The Morgan fingerprint density at radius 3 is 2.16 bits per heavy atom. The Bertz CT molecular complexity index is 960. The van der Waals surface area contributed by atoms with Crippen molar-refractivity contribution < 1.29 is 30.9 Å². The number of rotatable bonds is 10. The standard InChI is InChI=1S/C40H71N2O2.BrH/c1-8-21-42(22-13-10-14-23-42)36-25-34-32-16-15-31-24-37(43-27-29(2)3)35(41-19-11-9-12-20-41)26-40(31,7)33(32)17-18-39(34,6)38(36)44-28-30(4)5;/h8,29-38H,1,9-28H2,2-7H3;1H/q+1;/p-1/t31?,32-,33-,34+,35?,36?,37?,38?,39+,40+;/m1./s1. The van der Waals surface area contributed by atoms with E-state index in [-0.39, 0.29) is 17.0 Å². The summed E-state index contributed by atoms with van der Waals surface area (Å²) < 4.78 is 15.3. The second kappa shape index (κ2) is 14.9. The van der Waals surface area contributed by atoms with Crippen molar-refractivity contribution in [1.82, 2.24) is 4.90 Å². The molecule has 5 heteroatoms. The largest absolute Gasteiger partial charge is 1.00 e. The maximum atomic E-state index is 7.17. The normalized spacial score (nSPS) is 43.3. The lowest BCUT2D eigenvalue weighted by atomic mass is 9.44. The van der Waals surface area contributed by atoms with Gasteiger partial charge in [-0.15, -0.1) is 0 Å². The Balaban J connectivity index is 0.00000400. The highest BCUT2D eigenvalue weighted by Gasteiger charge is 2.67. The van der Waals surface area contributed by atoms with E-state index in [0.717, 1.165) is 43.4 Å². The van der Waals surface area contributed by atoms with Crippen molar-refractivity contribution in [3.05, 3.63) is 12.7 Å². The molecule has 260 valence electrons. The van der Waals surface area contributed by atoms with E-state index in [9.17, 15) is 0 Å². The lowest BCUT2D eigenvalue weighted by Crippen LogP contribution is -3.00. The molecule has 6 aliphatic rings. The number of likely N-dealkylation sites (tertiary alicyclic amines) is 2. The quantitative estimate of drug-likeness (QED) is 0.216. The van der Waals surface area contributed by atoms with Gasteiger partial charge in [0, 0.05) is 31.1 Å². The Kier molecular flexibility index (Phi) is 12.0. The number of quaternary nitrogens is 1. The van der Waals surface area contributed by atoms with Crippen LogP contribution in [0.5, 0.6) is 0 Å². The topological polar surface area (TPSA) is 21.7 Å². The molecule has 10 atom stereocenters. The molecule has 6 rings (SSSR count). The van der Waals surface area contributed by atoms with Gasteiger partial charge in [0.05, 0.1) is 25.7 Å². The number of ether oxygens (including phenoxy) is 2. The first-order chi connectivity index (χ1) is 21.1. The molecule has 0 spiro atoms. The molecule has 2 aliphatic heterocycles. The van der Waals surface area contributed by atoms with Gasteiger partial charge in [0.25, 0.3) is 0 Å². The third-order valence-corrected chi connectivity index (χ3v) is 14.6. The number of halogens is 1. The van der Waals surface area contributed by atoms with Crippen molar-refractivity contribution in [2.24, 2.45) is 46.3 Å². The van der Waals surface area contributed by atoms with Crippen LogP contribution in [0.3, 0.4) is 0 Å². The summed E-state index contributed by atoms with van der Waals surface area (Å²) in [7, 11) is 0. The molecule has 4 saturated carbocycles. The van der Waals surface area contributed by atoms with Crippen LogP contribution < -0.4 is 17.0 Å². The van der Waals surface area contributed by atoms with Crippen LogP contribution in [0.1, 0.15) is 125 Å². The minimum absolute atomic E-state index is 0. The molecule has 0 aromatic carbocycles. The van der Waals surface area contributed by atoms with Gasteiger partial charge in [-0.1, -0.05) is 54.5 Å². The van der Waals surface area contributed by atoms with E-state index in [1.165, 1.54) is 114 Å². The molecule has 0 amide bonds. The number of fused-ring (bicyclic) bond motifs is 5. The first-order valence-electron chi connectivity index (χ1n) is 19.5. The van der Waals surface area contributed by atoms with E-state index in [0.29, 0.717) is 47.0 Å². The molecule has 0 N–H and O–H groups in total. The first-order valence-corrected chi connectivity index (χ1v) is 19.5. The molecule has 4 aliphatic carbocycles. The fourth-order valence-electron chi connectivity index (χ4n) is 12.5. The highest BCUT2D eigenvalue weighted by atomic mass is 79.9. The van der Waals surface area contributed by atoms with Crippen molar-refractivity contribution in [2.45, 2.75) is 149 Å². The first kappa shape index (κ1) is 36.3. The number of hydrogen-bond acceptors (Lipinski definition) is 3. The lowest BCUT2D eigenvalue weighted by molar-refractivity contribution is -0.953. The highest BCUT2D eigenvalue weighted by Crippen LogP contribution is 2.68. The monoisotopic (exact) mass is 690 g/mol. The van der Waals surface area contributed by atoms with Gasteiger partial charge in [0.15, 0.2) is 0 Å². The zero-order valence-corrected chi connectivity index (χ0v) is 31.9. The zero-order valence-electron chi connectivity index (χ0n) is 30.3. The molecule has 6 fully saturated rings. The van der Waals surface area contributed by atoms with Crippen LogP contribution >= 0.6 is 0 Å². The van der Waals surface area contributed by atoms with Crippen LogP contribution in [-0.2, 0) is 9.47 Å². The molecular weight excluding hydrogens is 620 g/mol. The van der Waals surface area contributed by atoms with Gasteiger partial charge in [-0.3, -0.25) is 4.90 Å². The third kappa shape index (κ3) is 6.93. The van der Waals surface area contributed by atoms with E-state index in [4.69, 9.17) is 9.47 Å². The van der Waals surface area contributed by atoms with Gasteiger partial charge in [-0.2, -0.15) is 0 Å². The average Bonchev–Trinajstić information content (AvgIpc) is 3.32. The summed E-state index contributed by atoms with van der Waals surface area (Å²) >= 11 is 0. The molecule has 5 unspecified atom stereocenters. The molecule has 0 radical (unpaired) electrons. The van der Waals surface area contributed by atoms with Gasteiger partial charge in [0.2, 0.25) is 0 Å². The minimum atomic E-state index is 0. The van der Waals surface area contributed by atoms with Gasteiger partial charge in [0.1, 0.15) is 12.1 Å². The Labute approximate surface area is 289 Å². The lowest BCUT2D eigenvalue weighted by Gasteiger charge is -2.62. The molecule has 0 bridgehead atoms. The van der Waals surface area contributed by atoms with Crippen molar-refractivity contribution in [3.8, 4) is 0 Å². The second-order valence-electron chi connectivity index (χ2n) is 18.2. The van der Waals surface area contributed by atoms with E-state index < -0.39 is 0 Å². The van der Waals surface area contributed by atoms with Crippen LogP contribution in [-0.4, -0.2) is 79.6 Å². The van der Waals surface area contributed by atoms with Crippen molar-refractivity contribution in [2.75, 3.05) is 45.9 Å². The fraction of sp³-hybridized carbons (Fsp3) is 0.950. The average molecular weight is 692 g/mol. The second-order valence-corrected chi connectivity index (χ2v) is 18.2. The van der Waals surface area contributed by atoms with Gasteiger partial charge < -0.3 is 30.9 Å².